The largest absolute Gasteiger partial charge is 0.497 e. The predicted molar refractivity (Wildman–Crippen MR) is 73.0 cm³/mol. The van der Waals surface area contributed by atoms with Crippen LogP contribution in [0.5, 0.6) is 5.75 Å². The van der Waals surface area contributed by atoms with Crippen molar-refractivity contribution in [1.82, 2.24) is 0 Å². The van der Waals surface area contributed by atoms with Crippen LogP contribution in [0, 0.1) is 18.3 Å². The van der Waals surface area contributed by atoms with Gasteiger partial charge in [-0.25, -0.2) is 0 Å². The fourth-order valence-corrected chi connectivity index (χ4v) is 2.60. The molecule has 0 saturated carbocycles. The zero-order valence-corrected chi connectivity index (χ0v) is 11.1. The van der Waals surface area contributed by atoms with Gasteiger partial charge in [-0.15, -0.1) is 0 Å². The van der Waals surface area contributed by atoms with Gasteiger partial charge in [0.15, 0.2) is 0 Å². The van der Waals surface area contributed by atoms with Crippen molar-refractivity contribution in [3.05, 3.63) is 53.6 Å². The van der Waals surface area contributed by atoms with Crippen molar-refractivity contribution in [2.75, 3.05) is 7.11 Å². The molecule has 2 aromatic carbocycles. The molecule has 0 radical (unpaired) electrons. The zero-order chi connectivity index (χ0) is 13.0. The minimum Gasteiger partial charge on any atom is -0.497 e. The van der Waals surface area contributed by atoms with Crippen LogP contribution in [0.1, 0.15) is 11.1 Å². The standard InChI is InChI=1S/C15H13NOS/c1-11-4-3-5-12(10-16)15(11)18-14-8-6-13(17-2)7-9-14/h3-9H,1-2H3. The average molecular weight is 255 g/mol. The Balaban J connectivity index is 2.31. The Morgan fingerprint density at radius 1 is 1.11 bits per heavy atom. The van der Waals surface area contributed by atoms with Gasteiger partial charge in [-0.1, -0.05) is 23.9 Å². The number of nitriles is 1. The van der Waals surface area contributed by atoms with Gasteiger partial charge in [0.05, 0.1) is 12.7 Å². The molecule has 3 heteroatoms. The third-order valence-electron chi connectivity index (χ3n) is 2.61. The molecule has 0 heterocycles. The van der Waals surface area contributed by atoms with E-state index in [0.29, 0.717) is 0 Å². The van der Waals surface area contributed by atoms with Gasteiger partial charge >= 0.3 is 0 Å². The van der Waals surface area contributed by atoms with Crippen LogP contribution in [0.15, 0.2) is 52.3 Å². The molecular formula is C15H13NOS. The molecule has 0 bridgehead atoms. The highest BCUT2D eigenvalue weighted by Crippen LogP contribution is 2.33. The molecule has 90 valence electrons. The summed E-state index contributed by atoms with van der Waals surface area (Å²) >= 11 is 1.61. The lowest BCUT2D eigenvalue weighted by Gasteiger charge is -2.08. The predicted octanol–water partition coefficient (Wildman–Crippen LogP) is 4.03. The lowest BCUT2D eigenvalue weighted by atomic mass is 10.1. The molecule has 0 N–H and O–H groups in total. The summed E-state index contributed by atoms with van der Waals surface area (Å²) in [5, 5.41) is 9.12. The molecule has 0 aliphatic heterocycles. The third-order valence-corrected chi connectivity index (χ3v) is 3.87. The topological polar surface area (TPSA) is 33.0 Å². The van der Waals surface area contributed by atoms with Gasteiger partial charge in [-0.2, -0.15) is 5.26 Å². The van der Waals surface area contributed by atoms with Crippen LogP contribution >= 0.6 is 11.8 Å². The maximum atomic E-state index is 9.12. The summed E-state index contributed by atoms with van der Waals surface area (Å²) < 4.78 is 5.13. The van der Waals surface area contributed by atoms with Gasteiger partial charge in [0.25, 0.3) is 0 Å². The van der Waals surface area contributed by atoms with Crippen molar-refractivity contribution in [2.45, 2.75) is 16.7 Å². The Kier molecular flexibility index (Phi) is 3.91. The first kappa shape index (κ1) is 12.5. The lowest BCUT2D eigenvalue weighted by Crippen LogP contribution is -1.86. The second-order valence-corrected chi connectivity index (χ2v) is 4.92. The van der Waals surface area contributed by atoms with E-state index in [0.717, 1.165) is 26.7 Å². The van der Waals surface area contributed by atoms with Crippen LogP contribution < -0.4 is 4.74 Å². The first-order valence-electron chi connectivity index (χ1n) is 5.56. The molecule has 0 aliphatic carbocycles. The Bertz CT molecular complexity index is 584. The summed E-state index contributed by atoms with van der Waals surface area (Å²) in [6.07, 6.45) is 0. The average Bonchev–Trinajstić information content (AvgIpc) is 2.42. The number of aryl methyl sites for hydroxylation is 1. The Hall–Kier alpha value is -1.92. The summed E-state index contributed by atoms with van der Waals surface area (Å²) in [5.74, 6) is 0.838. The van der Waals surface area contributed by atoms with Crippen LogP contribution in [-0.2, 0) is 0 Å². The van der Waals surface area contributed by atoms with Crippen molar-refractivity contribution in [3.8, 4) is 11.8 Å². The molecular weight excluding hydrogens is 242 g/mol. The summed E-state index contributed by atoms with van der Waals surface area (Å²) in [6.45, 7) is 2.02. The summed E-state index contributed by atoms with van der Waals surface area (Å²) in [7, 11) is 1.65. The van der Waals surface area contributed by atoms with Crippen molar-refractivity contribution in [1.29, 1.82) is 5.26 Å². The van der Waals surface area contributed by atoms with E-state index in [4.69, 9.17) is 10.00 Å². The van der Waals surface area contributed by atoms with E-state index in [1.165, 1.54) is 0 Å². The third kappa shape index (κ3) is 2.66. The van der Waals surface area contributed by atoms with Crippen LogP contribution in [0.25, 0.3) is 0 Å². The van der Waals surface area contributed by atoms with Crippen molar-refractivity contribution in [2.24, 2.45) is 0 Å². The number of rotatable bonds is 3. The Labute approximate surface area is 111 Å². The quantitative estimate of drug-likeness (QED) is 0.830. The van der Waals surface area contributed by atoms with Crippen LogP contribution in [0.2, 0.25) is 0 Å². The number of methoxy groups -OCH3 is 1. The summed E-state index contributed by atoms with van der Waals surface area (Å²) in [4.78, 5) is 2.12. The van der Waals surface area contributed by atoms with Crippen LogP contribution in [-0.4, -0.2) is 7.11 Å². The highest BCUT2D eigenvalue weighted by molar-refractivity contribution is 7.99. The van der Waals surface area contributed by atoms with E-state index in [1.807, 2.05) is 49.4 Å². The van der Waals surface area contributed by atoms with Gasteiger partial charge in [-0.05, 0) is 42.8 Å². The molecule has 0 unspecified atom stereocenters. The van der Waals surface area contributed by atoms with Gasteiger partial charge < -0.3 is 4.74 Å². The second kappa shape index (κ2) is 5.61. The number of benzene rings is 2. The Morgan fingerprint density at radius 3 is 2.44 bits per heavy atom. The molecule has 0 aromatic heterocycles. The number of nitrogens with zero attached hydrogens (tertiary/aromatic N) is 1. The van der Waals surface area contributed by atoms with Gasteiger partial charge in [0.2, 0.25) is 0 Å². The second-order valence-electron chi connectivity index (χ2n) is 3.84. The van der Waals surface area contributed by atoms with Crippen molar-refractivity contribution >= 4 is 11.8 Å². The first-order chi connectivity index (χ1) is 8.74. The monoisotopic (exact) mass is 255 g/mol. The van der Waals surface area contributed by atoms with Crippen LogP contribution in [0.3, 0.4) is 0 Å². The maximum Gasteiger partial charge on any atom is 0.118 e. The van der Waals surface area contributed by atoms with E-state index >= 15 is 0 Å². The van der Waals surface area contributed by atoms with Crippen molar-refractivity contribution < 1.29 is 4.74 Å². The Morgan fingerprint density at radius 2 is 1.83 bits per heavy atom. The van der Waals surface area contributed by atoms with Crippen molar-refractivity contribution in [3.63, 3.8) is 0 Å². The molecule has 0 fully saturated rings. The first-order valence-corrected chi connectivity index (χ1v) is 6.38. The molecule has 2 nitrogen and oxygen atoms in total. The number of hydrogen-bond acceptors (Lipinski definition) is 3. The minimum absolute atomic E-state index is 0.718. The van der Waals surface area contributed by atoms with E-state index in [2.05, 4.69) is 6.07 Å². The maximum absolute atomic E-state index is 9.12. The van der Waals surface area contributed by atoms with E-state index in [-0.39, 0.29) is 0 Å². The normalized spacial score (nSPS) is 9.83. The smallest absolute Gasteiger partial charge is 0.118 e. The fraction of sp³-hybridized carbons (Fsp3) is 0.133. The lowest BCUT2D eigenvalue weighted by molar-refractivity contribution is 0.414. The van der Waals surface area contributed by atoms with E-state index in [1.54, 1.807) is 18.9 Å². The minimum atomic E-state index is 0.718. The van der Waals surface area contributed by atoms with E-state index in [9.17, 15) is 0 Å². The van der Waals surface area contributed by atoms with Crippen LogP contribution in [0.4, 0.5) is 0 Å². The fourth-order valence-electron chi connectivity index (χ4n) is 1.64. The van der Waals surface area contributed by atoms with E-state index < -0.39 is 0 Å². The molecule has 0 saturated heterocycles. The summed E-state index contributed by atoms with van der Waals surface area (Å²) in [5.41, 5.74) is 1.84. The molecule has 0 aliphatic rings. The zero-order valence-electron chi connectivity index (χ0n) is 10.3. The highest BCUT2D eigenvalue weighted by atomic mass is 32.2. The molecule has 0 atom stereocenters. The van der Waals surface area contributed by atoms with Gasteiger partial charge in [0, 0.05) is 9.79 Å². The summed E-state index contributed by atoms with van der Waals surface area (Å²) in [6, 6.07) is 15.8. The highest BCUT2D eigenvalue weighted by Gasteiger charge is 2.07. The number of ether oxygens (including phenoxy) is 1. The molecule has 2 aromatic rings. The molecule has 0 amide bonds. The van der Waals surface area contributed by atoms with Gasteiger partial charge in [0.1, 0.15) is 11.8 Å². The number of hydrogen-bond donors (Lipinski definition) is 0. The molecule has 0 spiro atoms. The molecule has 18 heavy (non-hydrogen) atoms. The van der Waals surface area contributed by atoms with Gasteiger partial charge in [-0.3, -0.25) is 0 Å². The molecule has 2 rings (SSSR count). The SMILES string of the molecule is COc1ccc(Sc2c(C)cccc2C#N)cc1.